The Bertz CT molecular complexity index is 939. The molecule has 6 heteroatoms. The summed E-state index contributed by atoms with van der Waals surface area (Å²) in [5.41, 5.74) is 3.56. The van der Waals surface area contributed by atoms with Gasteiger partial charge in [0.2, 0.25) is 5.91 Å². The fourth-order valence-electron chi connectivity index (χ4n) is 4.01. The maximum absolute atomic E-state index is 12.8. The van der Waals surface area contributed by atoms with Crippen LogP contribution in [0.25, 0.3) is 10.9 Å². The van der Waals surface area contributed by atoms with Gasteiger partial charge in [-0.2, -0.15) is 5.10 Å². The Morgan fingerprint density at radius 2 is 2.19 bits per heavy atom. The van der Waals surface area contributed by atoms with Crippen molar-refractivity contribution >= 4 is 16.8 Å². The summed E-state index contributed by atoms with van der Waals surface area (Å²) in [6.07, 6.45) is 3.87. The zero-order valence-electron chi connectivity index (χ0n) is 15.4. The Hall–Kier alpha value is -2.63. The number of aryl methyl sites for hydroxylation is 4. The van der Waals surface area contributed by atoms with E-state index in [-0.39, 0.29) is 11.8 Å². The molecular weight excluding hydrogens is 326 g/mol. The number of carbonyl (C=O) groups is 1. The molecule has 0 bridgehead atoms. The zero-order valence-corrected chi connectivity index (χ0v) is 15.4. The largest absolute Gasteiger partial charge is 0.357 e. The molecule has 1 aliphatic rings. The summed E-state index contributed by atoms with van der Waals surface area (Å²) in [5.74, 6) is 1.77. The van der Waals surface area contributed by atoms with E-state index in [4.69, 9.17) is 0 Å². The summed E-state index contributed by atoms with van der Waals surface area (Å²) in [4.78, 5) is 20.5. The molecule has 136 valence electrons. The quantitative estimate of drug-likeness (QED) is 0.694. The third-order valence-electron chi connectivity index (χ3n) is 5.24. The number of carbonyl (C=O) groups excluding carboxylic acids is 1. The van der Waals surface area contributed by atoms with Crippen molar-refractivity contribution in [3.05, 3.63) is 47.2 Å². The molecule has 0 radical (unpaired) electrons. The van der Waals surface area contributed by atoms with Gasteiger partial charge in [-0.15, -0.1) is 0 Å². The van der Waals surface area contributed by atoms with Gasteiger partial charge < -0.3 is 10.3 Å². The maximum atomic E-state index is 12.8. The molecule has 6 nitrogen and oxygen atoms in total. The lowest BCUT2D eigenvalue weighted by Crippen LogP contribution is -2.32. The number of hydrogen-bond donors (Lipinski definition) is 2. The van der Waals surface area contributed by atoms with Crippen molar-refractivity contribution in [3.8, 4) is 0 Å². The monoisotopic (exact) mass is 351 g/mol. The third kappa shape index (κ3) is 3.11. The van der Waals surface area contributed by atoms with Crippen LogP contribution in [0, 0.1) is 13.8 Å². The second kappa shape index (κ2) is 6.94. The van der Waals surface area contributed by atoms with E-state index >= 15 is 0 Å². The zero-order chi connectivity index (χ0) is 18.1. The fourth-order valence-corrected chi connectivity index (χ4v) is 4.01. The Morgan fingerprint density at radius 3 is 3.00 bits per heavy atom. The first-order valence-electron chi connectivity index (χ1n) is 9.38. The van der Waals surface area contributed by atoms with Gasteiger partial charge in [0.1, 0.15) is 11.6 Å². The van der Waals surface area contributed by atoms with Crippen molar-refractivity contribution in [2.24, 2.45) is 0 Å². The Labute approximate surface area is 153 Å². The van der Waals surface area contributed by atoms with E-state index in [1.807, 2.05) is 24.6 Å². The summed E-state index contributed by atoms with van der Waals surface area (Å²) in [6, 6.07) is 8.33. The van der Waals surface area contributed by atoms with Crippen LogP contribution in [0.2, 0.25) is 0 Å². The molecule has 1 atom stereocenters. The van der Waals surface area contributed by atoms with Crippen molar-refractivity contribution in [2.45, 2.75) is 52.0 Å². The maximum Gasteiger partial charge on any atom is 0.229 e. The van der Waals surface area contributed by atoms with Crippen LogP contribution in [-0.2, 0) is 17.8 Å². The molecule has 2 aromatic heterocycles. The number of para-hydroxylation sites is 1. The van der Waals surface area contributed by atoms with Gasteiger partial charge >= 0.3 is 0 Å². The molecule has 2 heterocycles. The molecular formula is C20H25N5O. The summed E-state index contributed by atoms with van der Waals surface area (Å²) >= 11 is 0. The van der Waals surface area contributed by atoms with Crippen LogP contribution in [0.15, 0.2) is 24.3 Å². The standard InChI is InChI=1S/C20H25N5O/c1-13-22-14(2)25(24-13)12-6-11-21-20(26)17-9-5-8-16-15-7-3-4-10-18(15)23-19(16)17/h3-4,7,10,17,23H,5-6,8-9,11-12H2,1-2H3,(H,21,26)/t17-/m1/s1. The van der Waals surface area contributed by atoms with Crippen LogP contribution in [0.5, 0.6) is 0 Å². The number of rotatable bonds is 5. The molecule has 0 fully saturated rings. The first-order chi connectivity index (χ1) is 12.6. The third-order valence-corrected chi connectivity index (χ3v) is 5.24. The van der Waals surface area contributed by atoms with Crippen LogP contribution in [0.4, 0.5) is 0 Å². The van der Waals surface area contributed by atoms with Gasteiger partial charge in [0.25, 0.3) is 0 Å². The minimum Gasteiger partial charge on any atom is -0.357 e. The highest BCUT2D eigenvalue weighted by Crippen LogP contribution is 2.36. The summed E-state index contributed by atoms with van der Waals surface area (Å²) < 4.78 is 1.90. The lowest BCUT2D eigenvalue weighted by molar-refractivity contribution is -0.122. The molecule has 4 rings (SSSR count). The number of hydrogen-bond acceptors (Lipinski definition) is 3. The van der Waals surface area contributed by atoms with Crippen LogP contribution in [-0.4, -0.2) is 32.2 Å². The van der Waals surface area contributed by atoms with Crippen molar-refractivity contribution in [2.75, 3.05) is 6.54 Å². The molecule has 26 heavy (non-hydrogen) atoms. The van der Waals surface area contributed by atoms with E-state index in [1.165, 1.54) is 10.9 Å². The van der Waals surface area contributed by atoms with Crippen molar-refractivity contribution < 1.29 is 4.79 Å². The van der Waals surface area contributed by atoms with Crippen LogP contribution in [0.1, 0.15) is 48.1 Å². The molecule has 3 aromatic rings. The lowest BCUT2D eigenvalue weighted by Gasteiger charge is -2.22. The number of nitrogens with zero attached hydrogens (tertiary/aromatic N) is 3. The average molecular weight is 351 g/mol. The second-order valence-electron chi connectivity index (χ2n) is 7.08. The summed E-state index contributed by atoms with van der Waals surface area (Å²) in [6.45, 7) is 5.28. The van der Waals surface area contributed by atoms with Gasteiger partial charge in [-0.1, -0.05) is 18.2 Å². The molecule has 0 saturated carbocycles. The molecule has 0 aliphatic heterocycles. The predicted octanol–water partition coefficient (Wildman–Crippen LogP) is 3.00. The van der Waals surface area contributed by atoms with E-state index in [1.54, 1.807) is 0 Å². The van der Waals surface area contributed by atoms with Crippen LogP contribution in [0.3, 0.4) is 0 Å². The number of aromatic nitrogens is 4. The molecule has 0 saturated heterocycles. The Balaban J connectivity index is 1.39. The molecule has 1 aromatic carbocycles. The minimum absolute atomic E-state index is 0.0681. The molecule has 0 unspecified atom stereocenters. The molecule has 1 aliphatic carbocycles. The number of amides is 1. The van der Waals surface area contributed by atoms with Crippen LogP contribution >= 0.6 is 0 Å². The van der Waals surface area contributed by atoms with Gasteiger partial charge in [-0.05, 0) is 51.2 Å². The van der Waals surface area contributed by atoms with Crippen molar-refractivity contribution in [1.29, 1.82) is 0 Å². The smallest absolute Gasteiger partial charge is 0.229 e. The number of nitrogens with one attached hydrogen (secondary N) is 2. The van der Waals surface area contributed by atoms with Gasteiger partial charge in [-0.25, -0.2) is 4.98 Å². The highest BCUT2D eigenvalue weighted by Gasteiger charge is 2.29. The second-order valence-corrected chi connectivity index (χ2v) is 7.08. The minimum atomic E-state index is -0.0681. The fraction of sp³-hybridized carbons (Fsp3) is 0.450. The SMILES string of the molecule is Cc1nc(C)n(CCCNC(=O)[C@@H]2CCCc3c2[nH]c2ccccc32)n1. The van der Waals surface area contributed by atoms with Gasteiger partial charge in [0.05, 0.1) is 5.92 Å². The normalized spacial score (nSPS) is 16.6. The summed E-state index contributed by atoms with van der Waals surface area (Å²) in [5, 5.41) is 8.73. The van der Waals surface area contributed by atoms with Gasteiger partial charge in [0, 0.05) is 29.7 Å². The molecule has 2 N–H and O–H groups in total. The van der Waals surface area contributed by atoms with Crippen molar-refractivity contribution in [3.63, 3.8) is 0 Å². The van der Waals surface area contributed by atoms with Crippen LogP contribution < -0.4 is 5.32 Å². The first-order valence-corrected chi connectivity index (χ1v) is 9.38. The number of aromatic amines is 1. The highest BCUT2D eigenvalue weighted by molar-refractivity contribution is 5.90. The number of benzene rings is 1. The number of fused-ring (bicyclic) bond motifs is 3. The van der Waals surface area contributed by atoms with Gasteiger partial charge in [0.15, 0.2) is 0 Å². The number of H-pyrrole nitrogens is 1. The van der Waals surface area contributed by atoms with Crippen molar-refractivity contribution in [1.82, 2.24) is 25.1 Å². The molecule has 0 spiro atoms. The van der Waals surface area contributed by atoms with Gasteiger partial charge in [-0.3, -0.25) is 9.48 Å². The summed E-state index contributed by atoms with van der Waals surface area (Å²) in [7, 11) is 0. The molecule has 1 amide bonds. The van der Waals surface area contributed by atoms with E-state index in [0.717, 1.165) is 55.1 Å². The average Bonchev–Trinajstić information content (AvgIpc) is 3.17. The Kier molecular flexibility index (Phi) is 4.49. The predicted molar refractivity (Wildman–Crippen MR) is 101 cm³/mol. The lowest BCUT2D eigenvalue weighted by atomic mass is 9.86. The van der Waals surface area contributed by atoms with E-state index in [9.17, 15) is 4.79 Å². The Morgan fingerprint density at radius 1 is 1.35 bits per heavy atom. The topological polar surface area (TPSA) is 75.6 Å². The highest BCUT2D eigenvalue weighted by atomic mass is 16.1. The first kappa shape index (κ1) is 16.8. The van der Waals surface area contributed by atoms with E-state index in [0.29, 0.717) is 6.54 Å². The van der Waals surface area contributed by atoms with E-state index < -0.39 is 0 Å². The van der Waals surface area contributed by atoms with E-state index in [2.05, 4.69) is 38.6 Å².